The smallest absolute Gasteiger partial charge is 0.248 e. The van der Waals surface area contributed by atoms with Crippen molar-refractivity contribution in [3.05, 3.63) is 29.8 Å². The van der Waals surface area contributed by atoms with E-state index in [2.05, 4.69) is 10.2 Å². The van der Waals surface area contributed by atoms with Gasteiger partial charge in [0.25, 0.3) is 0 Å². The largest absolute Gasteiger partial charge is 0.380 e. The minimum absolute atomic E-state index is 0.0600. The van der Waals surface area contributed by atoms with Crippen molar-refractivity contribution >= 4 is 17.5 Å². The first-order valence-electron chi connectivity index (χ1n) is 7.61. The van der Waals surface area contributed by atoms with Crippen molar-refractivity contribution in [2.45, 2.75) is 25.8 Å². The lowest BCUT2D eigenvalue weighted by molar-refractivity contribution is -0.117. The zero-order valence-corrected chi connectivity index (χ0v) is 12.9. The van der Waals surface area contributed by atoms with Gasteiger partial charge in [0.15, 0.2) is 0 Å². The molecule has 3 N–H and O–H groups in total. The highest BCUT2D eigenvalue weighted by atomic mass is 16.5. The number of rotatable bonds is 7. The molecule has 1 heterocycles. The lowest BCUT2D eigenvalue weighted by atomic mass is 10.2. The maximum atomic E-state index is 12.1. The van der Waals surface area contributed by atoms with Gasteiger partial charge in [-0.1, -0.05) is 0 Å². The summed E-state index contributed by atoms with van der Waals surface area (Å²) in [6.45, 7) is 4.63. The van der Waals surface area contributed by atoms with E-state index in [1.54, 1.807) is 24.3 Å². The Hall–Kier alpha value is -1.92. The van der Waals surface area contributed by atoms with Crippen molar-refractivity contribution in [1.82, 2.24) is 4.90 Å². The van der Waals surface area contributed by atoms with Crippen LogP contribution in [0.4, 0.5) is 5.69 Å². The number of anilines is 1. The average molecular weight is 305 g/mol. The van der Waals surface area contributed by atoms with E-state index in [9.17, 15) is 9.59 Å². The lowest BCUT2D eigenvalue weighted by Gasteiger charge is -2.23. The average Bonchev–Trinajstić information content (AvgIpc) is 2.92. The van der Waals surface area contributed by atoms with Crippen LogP contribution in [0.15, 0.2) is 24.3 Å². The highest BCUT2D eigenvalue weighted by molar-refractivity contribution is 5.95. The van der Waals surface area contributed by atoms with Crippen molar-refractivity contribution in [3.8, 4) is 0 Å². The molecule has 0 spiro atoms. The van der Waals surface area contributed by atoms with Crippen LogP contribution >= 0.6 is 0 Å². The SMILES string of the molecule is CCOCC1CCCN1CC(=O)Nc1ccc(C(N)=O)cc1. The number of nitrogens with zero attached hydrogens (tertiary/aromatic N) is 1. The van der Waals surface area contributed by atoms with E-state index in [-0.39, 0.29) is 5.91 Å². The van der Waals surface area contributed by atoms with Crippen LogP contribution in [0.25, 0.3) is 0 Å². The third kappa shape index (κ3) is 4.54. The third-order valence-corrected chi connectivity index (χ3v) is 3.81. The number of hydrogen-bond donors (Lipinski definition) is 2. The molecular formula is C16H23N3O3. The number of primary amides is 1. The van der Waals surface area contributed by atoms with Gasteiger partial charge in [0.1, 0.15) is 0 Å². The molecule has 1 atom stereocenters. The van der Waals surface area contributed by atoms with Crippen LogP contribution < -0.4 is 11.1 Å². The van der Waals surface area contributed by atoms with E-state index >= 15 is 0 Å². The van der Waals surface area contributed by atoms with Crippen molar-refractivity contribution in [1.29, 1.82) is 0 Å². The molecule has 1 saturated heterocycles. The first kappa shape index (κ1) is 16.5. The molecule has 0 radical (unpaired) electrons. The molecule has 120 valence electrons. The predicted molar refractivity (Wildman–Crippen MR) is 84.7 cm³/mol. The molecule has 0 saturated carbocycles. The zero-order chi connectivity index (χ0) is 15.9. The van der Waals surface area contributed by atoms with Crippen molar-refractivity contribution < 1.29 is 14.3 Å². The Morgan fingerprint density at radius 3 is 2.73 bits per heavy atom. The highest BCUT2D eigenvalue weighted by Gasteiger charge is 2.26. The first-order valence-corrected chi connectivity index (χ1v) is 7.61. The molecule has 2 rings (SSSR count). The molecule has 1 fully saturated rings. The predicted octanol–water partition coefficient (Wildman–Crippen LogP) is 1.22. The number of likely N-dealkylation sites (tertiary alicyclic amines) is 1. The molecule has 1 unspecified atom stereocenters. The van der Waals surface area contributed by atoms with Gasteiger partial charge in [0, 0.05) is 23.9 Å². The van der Waals surface area contributed by atoms with Crippen LogP contribution in [0.1, 0.15) is 30.1 Å². The van der Waals surface area contributed by atoms with Gasteiger partial charge in [0.05, 0.1) is 13.2 Å². The first-order chi connectivity index (χ1) is 10.6. The van der Waals surface area contributed by atoms with Crippen LogP contribution in [-0.2, 0) is 9.53 Å². The number of hydrogen-bond acceptors (Lipinski definition) is 4. The van der Waals surface area contributed by atoms with Gasteiger partial charge in [-0.2, -0.15) is 0 Å². The monoisotopic (exact) mass is 305 g/mol. The summed E-state index contributed by atoms with van der Waals surface area (Å²) >= 11 is 0. The van der Waals surface area contributed by atoms with Gasteiger partial charge >= 0.3 is 0 Å². The minimum Gasteiger partial charge on any atom is -0.380 e. The summed E-state index contributed by atoms with van der Waals surface area (Å²) in [6, 6.07) is 6.89. The third-order valence-electron chi connectivity index (χ3n) is 3.81. The molecule has 0 bridgehead atoms. The highest BCUT2D eigenvalue weighted by Crippen LogP contribution is 2.17. The van der Waals surface area contributed by atoms with Crippen LogP contribution in [-0.4, -0.2) is 49.1 Å². The maximum Gasteiger partial charge on any atom is 0.248 e. The molecule has 1 aromatic carbocycles. The molecule has 2 amide bonds. The van der Waals surface area contributed by atoms with Gasteiger partial charge in [0.2, 0.25) is 11.8 Å². The fourth-order valence-electron chi connectivity index (χ4n) is 2.65. The Kier molecular flexibility index (Phi) is 5.91. The summed E-state index contributed by atoms with van der Waals surface area (Å²) in [5.41, 5.74) is 6.27. The Morgan fingerprint density at radius 1 is 1.36 bits per heavy atom. The number of benzene rings is 1. The topological polar surface area (TPSA) is 84.7 Å². The van der Waals surface area contributed by atoms with E-state index in [1.165, 1.54) is 0 Å². The van der Waals surface area contributed by atoms with Crippen LogP contribution in [0.3, 0.4) is 0 Å². The van der Waals surface area contributed by atoms with Gasteiger partial charge in [-0.3, -0.25) is 14.5 Å². The molecular weight excluding hydrogens is 282 g/mol. The van der Waals surface area contributed by atoms with E-state index in [0.717, 1.165) is 19.4 Å². The van der Waals surface area contributed by atoms with Crippen molar-refractivity contribution in [2.24, 2.45) is 5.73 Å². The van der Waals surface area contributed by atoms with E-state index in [0.29, 0.717) is 37.1 Å². The van der Waals surface area contributed by atoms with E-state index < -0.39 is 5.91 Å². The fraction of sp³-hybridized carbons (Fsp3) is 0.500. The fourth-order valence-corrected chi connectivity index (χ4v) is 2.65. The number of carbonyl (C=O) groups is 2. The standard InChI is InChI=1S/C16H23N3O3/c1-2-22-11-14-4-3-9-19(14)10-15(20)18-13-7-5-12(6-8-13)16(17)21/h5-8,14H,2-4,9-11H2,1H3,(H2,17,21)(H,18,20). The molecule has 6 nitrogen and oxygen atoms in total. The summed E-state index contributed by atoms with van der Waals surface area (Å²) in [5, 5.41) is 2.84. The molecule has 6 heteroatoms. The van der Waals surface area contributed by atoms with Crippen LogP contribution in [0.2, 0.25) is 0 Å². The van der Waals surface area contributed by atoms with Gasteiger partial charge in [-0.05, 0) is 50.6 Å². The molecule has 0 aliphatic carbocycles. The Balaban J connectivity index is 1.85. The second-order valence-electron chi connectivity index (χ2n) is 5.42. The maximum absolute atomic E-state index is 12.1. The second kappa shape index (κ2) is 7.91. The Bertz CT molecular complexity index is 516. The minimum atomic E-state index is -0.478. The quantitative estimate of drug-likeness (QED) is 0.793. The summed E-state index contributed by atoms with van der Waals surface area (Å²) in [5.74, 6) is -0.538. The number of ether oxygens (including phenoxy) is 1. The molecule has 22 heavy (non-hydrogen) atoms. The summed E-state index contributed by atoms with van der Waals surface area (Å²) in [7, 11) is 0. The molecule has 1 aliphatic heterocycles. The summed E-state index contributed by atoms with van der Waals surface area (Å²) in [6.07, 6.45) is 2.17. The Morgan fingerprint density at radius 2 is 2.09 bits per heavy atom. The van der Waals surface area contributed by atoms with Crippen LogP contribution in [0, 0.1) is 0 Å². The van der Waals surface area contributed by atoms with Gasteiger partial charge < -0.3 is 15.8 Å². The Labute approximate surface area is 130 Å². The van der Waals surface area contributed by atoms with Gasteiger partial charge in [-0.15, -0.1) is 0 Å². The number of carbonyl (C=O) groups excluding carboxylic acids is 2. The van der Waals surface area contributed by atoms with Crippen LogP contribution in [0.5, 0.6) is 0 Å². The summed E-state index contributed by atoms with van der Waals surface area (Å²) < 4.78 is 5.47. The molecule has 1 aromatic rings. The normalized spacial score (nSPS) is 18.3. The number of nitrogens with two attached hydrogens (primary N) is 1. The van der Waals surface area contributed by atoms with Gasteiger partial charge in [-0.25, -0.2) is 0 Å². The number of amides is 2. The zero-order valence-electron chi connectivity index (χ0n) is 12.9. The van der Waals surface area contributed by atoms with Crippen molar-refractivity contribution in [2.75, 3.05) is 31.6 Å². The van der Waals surface area contributed by atoms with E-state index in [4.69, 9.17) is 10.5 Å². The molecule has 1 aliphatic rings. The van der Waals surface area contributed by atoms with Crippen molar-refractivity contribution in [3.63, 3.8) is 0 Å². The number of nitrogens with one attached hydrogen (secondary N) is 1. The van der Waals surface area contributed by atoms with E-state index in [1.807, 2.05) is 6.92 Å². The molecule has 0 aromatic heterocycles. The second-order valence-corrected chi connectivity index (χ2v) is 5.42. The summed E-state index contributed by atoms with van der Waals surface area (Å²) in [4.78, 5) is 25.3. The lowest BCUT2D eigenvalue weighted by Crippen LogP contribution is -2.39.